The highest BCUT2D eigenvalue weighted by molar-refractivity contribution is 9.10. The lowest BCUT2D eigenvalue weighted by Gasteiger charge is -2.17. The normalized spacial score (nSPS) is 15.2. The number of nitro benzene ring substituents is 1. The number of non-ortho nitro benzene ring substituents is 1. The van der Waals surface area contributed by atoms with Crippen molar-refractivity contribution in [2.24, 2.45) is 0 Å². The minimum atomic E-state index is -0.458. The van der Waals surface area contributed by atoms with Crippen LogP contribution in [0.15, 0.2) is 62.3 Å². The number of rotatable bonds is 4. The molecular weight excluding hydrogens is 500 g/mol. The molecule has 2 aromatic carbocycles. The molecular formula is C22H15BrN2O4S2. The highest BCUT2D eigenvalue weighted by Gasteiger charge is 2.34. The number of furan rings is 1. The van der Waals surface area contributed by atoms with E-state index in [0.29, 0.717) is 30.8 Å². The summed E-state index contributed by atoms with van der Waals surface area (Å²) in [6, 6.07) is 13.8. The molecule has 1 fully saturated rings. The number of nitrogens with zero attached hydrogens (tertiary/aromatic N) is 2. The third-order valence-electron chi connectivity index (χ3n) is 4.72. The van der Waals surface area contributed by atoms with Crippen LogP contribution in [0.25, 0.3) is 17.4 Å². The van der Waals surface area contributed by atoms with Crippen LogP contribution >= 0.6 is 39.9 Å². The number of aryl methyl sites for hydroxylation is 2. The molecule has 1 amide bonds. The number of amides is 1. The van der Waals surface area contributed by atoms with Gasteiger partial charge < -0.3 is 4.42 Å². The fourth-order valence-corrected chi connectivity index (χ4v) is 5.08. The van der Waals surface area contributed by atoms with Gasteiger partial charge in [0, 0.05) is 28.2 Å². The van der Waals surface area contributed by atoms with Crippen molar-refractivity contribution >= 4 is 67.6 Å². The van der Waals surface area contributed by atoms with Crippen LogP contribution in [0.4, 0.5) is 11.4 Å². The lowest BCUT2D eigenvalue weighted by Crippen LogP contribution is -2.28. The number of carbonyl (C=O) groups excluding carboxylic acids is 1. The van der Waals surface area contributed by atoms with E-state index in [-0.39, 0.29) is 11.6 Å². The summed E-state index contributed by atoms with van der Waals surface area (Å²) in [5.74, 6) is 0.815. The van der Waals surface area contributed by atoms with Crippen LogP contribution in [0.2, 0.25) is 0 Å². The molecule has 156 valence electrons. The number of benzene rings is 2. The minimum Gasteiger partial charge on any atom is -0.457 e. The number of carbonyl (C=O) groups is 1. The first kappa shape index (κ1) is 21.5. The van der Waals surface area contributed by atoms with Gasteiger partial charge in [0.05, 0.1) is 15.5 Å². The maximum atomic E-state index is 13.0. The molecule has 0 atom stereocenters. The van der Waals surface area contributed by atoms with Crippen molar-refractivity contribution in [2.45, 2.75) is 13.8 Å². The number of anilines is 1. The van der Waals surface area contributed by atoms with Crippen LogP contribution < -0.4 is 4.90 Å². The molecule has 0 unspecified atom stereocenters. The first-order valence-electron chi connectivity index (χ1n) is 9.14. The molecule has 1 saturated heterocycles. The summed E-state index contributed by atoms with van der Waals surface area (Å²) < 4.78 is 6.88. The fraction of sp³-hybridized carbons (Fsp3) is 0.0909. The van der Waals surface area contributed by atoms with Gasteiger partial charge in [0.15, 0.2) is 4.32 Å². The van der Waals surface area contributed by atoms with E-state index in [1.54, 1.807) is 24.3 Å². The second-order valence-electron chi connectivity index (χ2n) is 6.93. The SMILES string of the molecule is Cc1ccc(N2C(=O)/C(=C/c3ccc(-c4ccc([N+](=O)[O-])cc4Br)o3)SC2=S)c(C)c1. The van der Waals surface area contributed by atoms with Crippen LogP contribution in [-0.4, -0.2) is 15.2 Å². The van der Waals surface area contributed by atoms with Gasteiger partial charge in [-0.05, 0) is 59.6 Å². The molecule has 0 aliphatic carbocycles. The summed E-state index contributed by atoms with van der Waals surface area (Å²) in [6.45, 7) is 3.95. The second kappa shape index (κ2) is 8.41. The molecule has 1 aromatic heterocycles. The minimum absolute atomic E-state index is 0.0162. The Morgan fingerprint density at radius 1 is 1.16 bits per heavy atom. The molecule has 4 rings (SSSR count). The Morgan fingerprint density at radius 2 is 1.94 bits per heavy atom. The predicted molar refractivity (Wildman–Crippen MR) is 130 cm³/mol. The van der Waals surface area contributed by atoms with Gasteiger partial charge in [-0.1, -0.05) is 41.7 Å². The topological polar surface area (TPSA) is 76.6 Å². The highest BCUT2D eigenvalue weighted by Crippen LogP contribution is 2.38. The lowest BCUT2D eigenvalue weighted by atomic mass is 10.1. The largest absolute Gasteiger partial charge is 0.457 e. The summed E-state index contributed by atoms with van der Waals surface area (Å²) in [6.07, 6.45) is 1.66. The van der Waals surface area contributed by atoms with Crippen LogP contribution in [0.5, 0.6) is 0 Å². The quantitative estimate of drug-likeness (QED) is 0.168. The smallest absolute Gasteiger partial charge is 0.270 e. The van der Waals surface area contributed by atoms with E-state index in [4.69, 9.17) is 16.6 Å². The highest BCUT2D eigenvalue weighted by atomic mass is 79.9. The second-order valence-corrected chi connectivity index (χ2v) is 9.46. The zero-order valence-electron chi connectivity index (χ0n) is 16.4. The molecule has 0 bridgehead atoms. The third kappa shape index (κ3) is 4.21. The Morgan fingerprint density at radius 3 is 2.61 bits per heavy atom. The van der Waals surface area contributed by atoms with Crippen LogP contribution in [0.1, 0.15) is 16.9 Å². The van der Waals surface area contributed by atoms with Gasteiger partial charge in [-0.2, -0.15) is 0 Å². The van der Waals surface area contributed by atoms with Gasteiger partial charge in [0.1, 0.15) is 11.5 Å². The molecule has 1 aliphatic heterocycles. The van der Waals surface area contributed by atoms with E-state index < -0.39 is 4.92 Å². The Kier molecular flexibility index (Phi) is 5.83. The van der Waals surface area contributed by atoms with Gasteiger partial charge in [-0.25, -0.2) is 0 Å². The van der Waals surface area contributed by atoms with Gasteiger partial charge in [0.2, 0.25) is 0 Å². The lowest BCUT2D eigenvalue weighted by molar-refractivity contribution is -0.384. The Hall–Kier alpha value is -2.75. The fourth-order valence-electron chi connectivity index (χ4n) is 3.25. The summed E-state index contributed by atoms with van der Waals surface area (Å²) in [5.41, 5.74) is 3.51. The van der Waals surface area contributed by atoms with Crippen molar-refractivity contribution in [3.05, 3.63) is 84.9 Å². The van der Waals surface area contributed by atoms with Crippen molar-refractivity contribution < 1.29 is 14.1 Å². The first-order valence-corrected chi connectivity index (χ1v) is 11.2. The van der Waals surface area contributed by atoms with Crippen molar-refractivity contribution in [3.63, 3.8) is 0 Å². The Balaban J connectivity index is 1.62. The third-order valence-corrected chi connectivity index (χ3v) is 6.67. The molecule has 31 heavy (non-hydrogen) atoms. The average Bonchev–Trinajstić information content (AvgIpc) is 3.27. The van der Waals surface area contributed by atoms with Gasteiger partial charge >= 0.3 is 0 Å². The van der Waals surface area contributed by atoms with Crippen LogP contribution in [0.3, 0.4) is 0 Å². The summed E-state index contributed by atoms with van der Waals surface area (Å²) in [7, 11) is 0. The van der Waals surface area contributed by atoms with Gasteiger partial charge in [0.25, 0.3) is 11.6 Å². The zero-order valence-corrected chi connectivity index (χ0v) is 19.6. The maximum absolute atomic E-state index is 13.0. The monoisotopic (exact) mass is 514 g/mol. The van der Waals surface area contributed by atoms with Crippen LogP contribution in [0, 0.1) is 24.0 Å². The van der Waals surface area contributed by atoms with E-state index in [9.17, 15) is 14.9 Å². The molecule has 0 N–H and O–H groups in total. The molecule has 0 radical (unpaired) electrons. The molecule has 2 heterocycles. The maximum Gasteiger partial charge on any atom is 0.270 e. The summed E-state index contributed by atoms with van der Waals surface area (Å²) >= 11 is 10.0. The van der Waals surface area contributed by atoms with E-state index in [1.165, 1.54) is 28.8 Å². The number of hydrogen-bond donors (Lipinski definition) is 0. The van der Waals surface area contributed by atoms with E-state index in [2.05, 4.69) is 15.9 Å². The van der Waals surface area contributed by atoms with Crippen molar-refractivity contribution in [1.29, 1.82) is 0 Å². The number of halogens is 1. The van der Waals surface area contributed by atoms with Crippen molar-refractivity contribution in [2.75, 3.05) is 4.90 Å². The average molecular weight is 515 g/mol. The molecule has 6 nitrogen and oxygen atoms in total. The predicted octanol–water partition coefficient (Wildman–Crippen LogP) is 6.64. The first-order chi connectivity index (χ1) is 14.7. The van der Waals surface area contributed by atoms with Gasteiger partial charge in [-0.15, -0.1) is 0 Å². The molecule has 0 saturated carbocycles. The van der Waals surface area contributed by atoms with E-state index in [1.807, 2.05) is 32.0 Å². The standard InChI is InChI=1S/C22H15BrN2O4S2/c1-12-3-7-18(13(2)9-12)24-21(26)20(31-22(24)30)11-15-5-8-19(29-15)16-6-4-14(25(27)28)10-17(16)23/h3-11H,1-2H3/b20-11-. The van der Waals surface area contributed by atoms with Crippen molar-refractivity contribution in [1.82, 2.24) is 0 Å². The molecule has 0 spiro atoms. The Labute approximate surface area is 196 Å². The molecule has 1 aliphatic rings. The number of thioether (sulfide) groups is 1. The molecule has 3 aromatic rings. The van der Waals surface area contributed by atoms with Gasteiger partial charge in [-0.3, -0.25) is 19.8 Å². The van der Waals surface area contributed by atoms with E-state index >= 15 is 0 Å². The number of hydrogen-bond acceptors (Lipinski definition) is 6. The van der Waals surface area contributed by atoms with Crippen LogP contribution in [-0.2, 0) is 4.79 Å². The molecule has 9 heteroatoms. The Bertz CT molecular complexity index is 1280. The summed E-state index contributed by atoms with van der Waals surface area (Å²) in [4.78, 5) is 25.5. The zero-order chi connectivity index (χ0) is 22.3. The number of nitro groups is 1. The summed E-state index contributed by atoms with van der Waals surface area (Å²) in [5, 5.41) is 10.9. The van der Waals surface area contributed by atoms with Crippen molar-refractivity contribution in [3.8, 4) is 11.3 Å². The number of thiocarbonyl (C=S) groups is 1. The van der Waals surface area contributed by atoms with E-state index in [0.717, 1.165) is 16.8 Å².